The van der Waals surface area contributed by atoms with Gasteiger partial charge in [-0.2, -0.15) is 10.1 Å². The zero-order chi connectivity index (χ0) is 15.8. The average molecular weight is 339 g/mol. The van der Waals surface area contributed by atoms with Crippen molar-refractivity contribution in [1.29, 1.82) is 0 Å². The van der Waals surface area contributed by atoms with E-state index < -0.39 is 0 Å². The van der Waals surface area contributed by atoms with E-state index in [9.17, 15) is 4.79 Å². The standard InChI is InChI=1S/C17H13N3OS2/c1-11-15(16(21)20(19-11)12-7-3-2-4-8-12)23-17-18-13-9-5-6-10-14(13)22-17/h2-10,15H,1H3/t15-/m1/s1. The van der Waals surface area contributed by atoms with Crippen LogP contribution in [0.25, 0.3) is 10.2 Å². The molecule has 2 heterocycles. The molecule has 1 aliphatic heterocycles. The van der Waals surface area contributed by atoms with E-state index in [1.807, 2.05) is 61.5 Å². The molecule has 4 nitrogen and oxygen atoms in total. The van der Waals surface area contributed by atoms with Crippen LogP contribution in [0, 0.1) is 0 Å². The van der Waals surface area contributed by atoms with Crippen LogP contribution < -0.4 is 5.01 Å². The molecule has 0 fully saturated rings. The number of thiazole rings is 1. The highest BCUT2D eigenvalue weighted by Crippen LogP contribution is 2.35. The highest BCUT2D eigenvalue weighted by molar-refractivity contribution is 8.03. The van der Waals surface area contributed by atoms with Gasteiger partial charge in [-0.05, 0) is 31.2 Å². The third-order valence-corrected chi connectivity index (χ3v) is 6.01. The Hall–Kier alpha value is -2.18. The fraction of sp³-hybridized carbons (Fsp3) is 0.118. The van der Waals surface area contributed by atoms with E-state index in [1.165, 1.54) is 16.8 Å². The summed E-state index contributed by atoms with van der Waals surface area (Å²) in [5.74, 6) is -0.0158. The minimum Gasteiger partial charge on any atom is -0.271 e. The number of hydrazone groups is 1. The van der Waals surface area contributed by atoms with E-state index in [0.717, 1.165) is 26.0 Å². The van der Waals surface area contributed by atoms with Crippen LogP contribution in [-0.2, 0) is 4.79 Å². The number of anilines is 1. The number of rotatable bonds is 3. The summed E-state index contributed by atoms with van der Waals surface area (Å²) < 4.78 is 2.03. The zero-order valence-electron chi connectivity index (χ0n) is 12.3. The van der Waals surface area contributed by atoms with E-state index in [1.54, 1.807) is 11.3 Å². The number of thioether (sulfide) groups is 1. The summed E-state index contributed by atoms with van der Waals surface area (Å²) in [7, 11) is 0. The fourth-order valence-electron chi connectivity index (χ4n) is 2.44. The van der Waals surface area contributed by atoms with Crippen LogP contribution in [0.3, 0.4) is 0 Å². The highest BCUT2D eigenvalue weighted by atomic mass is 32.2. The second-order valence-electron chi connectivity index (χ2n) is 5.17. The molecule has 0 radical (unpaired) electrons. The molecule has 114 valence electrons. The van der Waals surface area contributed by atoms with Gasteiger partial charge in [0.2, 0.25) is 0 Å². The molecular formula is C17H13N3OS2. The van der Waals surface area contributed by atoms with E-state index in [-0.39, 0.29) is 11.2 Å². The average Bonchev–Trinajstić information content (AvgIpc) is 3.11. The van der Waals surface area contributed by atoms with Crippen molar-refractivity contribution in [2.75, 3.05) is 5.01 Å². The summed E-state index contributed by atoms with van der Waals surface area (Å²) in [4.78, 5) is 17.3. The molecule has 23 heavy (non-hydrogen) atoms. The first kappa shape index (κ1) is 14.4. The molecule has 0 saturated heterocycles. The van der Waals surface area contributed by atoms with Crippen LogP contribution >= 0.6 is 23.1 Å². The molecule has 2 aromatic carbocycles. The number of fused-ring (bicyclic) bond motifs is 1. The highest BCUT2D eigenvalue weighted by Gasteiger charge is 2.35. The van der Waals surface area contributed by atoms with Crippen molar-refractivity contribution in [3.63, 3.8) is 0 Å². The maximum absolute atomic E-state index is 12.7. The van der Waals surface area contributed by atoms with E-state index in [0.29, 0.717) is 0 Å². The van der Waals surface area contributed by atoms with Crippen molar-refractivity contribution in [2.45, 2.75) is 16.5 Å². The molecule has 0 unspecified atom stereocenters. The van der Waals surface area contributed by atoms with Gasteiger partial charge in [0.05, 0.1) is 21.6 Å². The number of amides is 1. The Labute approximate surface area is 141 Å². The van der Waals surface area contributed by atoms with Crippen LogP contribution in [0.1, 0.15) is 6.92 Å². The molecule has 1 atom stereocenters. The zero-order valence-corrected chi connectivity index (χ0v) is 14.0. The van der Waals surface area contributed by atoms with Gasteiger partial charge in [0.1, 0.15) is 5.25 Å². The predicted octanol–water partition coefficient (Wildman–Crippen LogP) is 4.18. The van der Waals surface area contributed by atoms with Crippen molar-refractivity contribution in [3.05, 3.63) is 54.6 Å². The van der Waals surface area contributed by atoms with Gasteiger partial charge in [0.25, 0.3) is 5.91 Å². The van der Waals surface area contributed by atoms with Crippen LogP contribution in [-0.4, -0.2) is 21.9 Å². The minimum absolute atomic E-state index is 0.0158. The number of carbonyl (C=O) groups excluding carboxylic acids is 1. The maximum atomic E-state index is 12.7. The maximum Gasteiger partial charge on any atom is 0.266 e. The number of hydrogen-bond acceptors (Lipinski definition) is 5. The van der Waals surface area contributed by atoms with Crippen LogP contribution in [0.5, 0.6) is 0 Å². The molecule has 4 rings (SSSR count). The van der Waals surface area contributed by atoms with E-state index in [2.05, 4.69) is 10.1 Å². The summed E-state index contributed by atoms with van der Waals surface area (Å²) in [6.07, 6.45) is 0. The first-order valence-corrected chi connectivity index (χ1v) is 8.88. The molecule has 1 amide bonds. The second-order valence-corrected chi connectivity index (χ2v) is 7.56. The molecule has 1 aliphatic rings. The van der Waals surface area contributed by atoms with Crippen molar-refractivity contribution >= 4 is 50.6 Å². The Kier molecular flexibility index (Phi) is 3.63. The number of carbonyl (C=O) groups is 1. The molecule has 0 spiro atoms. The minimum atomic E-state index is -0.309. The monoisotopic (exact) mass is 339 g/mol. The molecule has 0 bridgehead atoms. The lowest BCUT2D eigenvalue weighted by Gasteiger charge is -2.13. The molecule has 0 aliphatic carbocycles. The lowest BCUT2D eigenvalue weighted by Crippen LogP contribution is -2.28. The molecule has 0 saturated carbocycles. The van der Waals surface area contributed by atoms with Gasteiger partial charge in [-0.1, -0.05) is 42.1 Å². The summed E-state index contributed by atoms with van der Waals surface area (Å²) in [6.45, 7) is 1.89. The normalized spacial score (nSPS) is 17.8. The number of nitrogens with zero attached hydrogens (tertiary/aromatic N) is 3. The van der Waals surface area contributed by atoms with Gasteiger partial charge in [0.15, 0.2) is 4.34 Å². The number of para-hydroxylation sites is 2. The van der Waals surface area contributed by atoms with Gasteiger partial charge in [-0.25, -0.2) is 4.98 Å². The number of benzene rings is 2. The molecule has 3 aromatic rings. The summed E-state index contributed by atoms with van der Waals surface area (Å²) in [5, 5.41) is 5.60. The van der Waals surface area contributed by atoms with Crippen LogP contribution in [0.4, 0.5) is 5.69 Å². The largest absolute Gasteiger partial charge is 0.271 e. The van der Waals surface area contributed by atoms with Crippen molar-refractivity contribution in [2.24, 2.45) is 5.10 Å². The Balaban J connectivity index is 1.60. The van der Waals surface area contributed by atoms with E-state index in [4.69, 9.17) is 0 Å². The fourth-order valence-corrected chi connectivity index (χ4v) is 4.66. The van der Waals surface area contributed by atoms with Crippen molar-refractivity contribution < 1.29 is 4.79 Å². The second kappa shape index (κ2) is 5.79. The molecule has 0 N–H and O–H groups in total. The third-order valence-electron chi connectivity index (χ3n) is 3.56. The van der Waals surface area contributed by atoms with Gasteiger partial charge < -0.3 is 0 Å². The summed E-state index contributed by atoms with van der Waals surface area (Å²) in [6, 6.07) is 17.5. The van der Waals surface area contributed by atoms with Crippen LogP contribution in [0.15, 0.2) is 64.0 Å². The lowest BCUT2D eigenvalue weighted by atomic mass is 10.3. The first-order chi connectivity index (χ1) is 11.2. The summed E-state index contributed by atoms with van der Waals surface area (Å²) >= 11 is 3.09. The van der Waals surface area contributed by atoms with Gasteiger partial charge in [0, 0.05) is 0 Å². The quantitative estimate of drug-likeness (QED) is 0.719. The summed E-state index contributed by atoms with van der Waals surface area (Å²) in [5.41, 5.74) is 2.58. The molecule has 6 heteroatoms. The Bertz CT molecular complexity index is 871. The van der Waals surface area contributed by atoms with E-state index >= 15 is 0 Å². The number of hydrogen-bond donors (Lipinski definition) is 0. The van der Waals surface area contributed by atoms with Crippen molar-refractivity contribution in [1.82, 2.24) is 4.98 Å². The number of aromatic nitrogens is 1. The third kappa shape index (κ3) is 2.64. The topological polar surface area (TPSA) is 45.6 Å². The SMILES string of the molecule is CC1=NN(c2ccccc2)C(=O)[C@@H]1Sc1nc2ccccc2s1. The van der Waals surface area contributed by atoms with Crippen molar-refractivity contribution in [3.8, 4) is 0 Å². The Morgan fingerprint density at radius 3 is 2.61 bits per heavy atom. The van der Waals surface area contributed by atoms with Gasteiger partial charge in [-0.15, -0.1) is 11.3 Å². The molecule has 1 aromatic heterocycles. The molecular weight excluding hydrogens is 326 g/mol. The Morgan fingerprint density at radius 1 is 1.09 bits per heavy atom. The Morgan fingerprint density at radius 2 is 1.83 bits per heavy atom. The van der Waals surface area contributed by atoms with Gasteiger partial charge >= 0.3 is 0 Å². The smallest absolute Gasteiger partial charge is 0.266 e. The predicted molar refractivity (Wildman–Crippen MR) is 96.3 cm³/mol. The van der Waals surface area contributed by atoms with Crippen LogP contribution in [0.2, 0.25) is 0 Å². The lowest BCUT2D eigenvalue weighted by molar-refractivity contribution is -0.116. The van der Waals surface area contributed by atoms with Gasteiger partial charge in [-0.3, -0.25) is 4.79 Å². The first-order valence-electron chi connectivity index (χ1n) is 7.19.